The van der Waals surface area contributed by atoms with Crippen LogP contribution in [0.2, 0.25) is 5.02 Å². The highest BCUT2D eigenvalue weighted by molar-refractivity contribution is 6.35. The summed E-state index contributed by atoms with van der Waals surface area (Å²) in [5.41, 5.74) is 1.08. The van der Waals surface area contributed by atoms with Gasteiger partial charge in [0.2, 0.25) is 0 Å². The molecule has 8 nitrogen and oxygen atoms in total. The van der Waals surface area contributed by atoms with Gasteiger partial charge in [-0.2, -0.15) is 0 Å². The molecule has 3 amide bonds. The summed E-state index contributed by atoms with van der Waals surface area (Å²) in [6.07, 6.45) is 0. The number of amides is 3. The molecule has 1 heterocycles. The zero-order valence-electron chi connectivity index (χ0n) is 17.3. The molecule has 1 aliphatic rings. The quantitative estimate of drug-likeness (QED) is 0.438. The van der Waals surface area contributed by atoms with E-state index >= 15 is 0 Å². The van der Waals surface area contributed by atoms with E-state index < -0.39 is 30.3 Å². The molecule has 166 valence electrons. The number of esters is 1. The molecule has 1 N–H and O–H groups in total. The summed E-state index contributed by atoms with van der Waals surface area (Å²) >= 11 is 5.87. The van der Waals surface area contributed by atoms with Crippen molar-refractivity contribution in [1.29, 1.82) is 0 Å². The zero-order valence-corrected chi connectivity index (χ0v) is 18.1. The summed E-state index contributed by atoms with van der Waals surface area (Å²) in [7, 11) is 1.47. The molecular weight excluding hydrogens is 448 g/mol. The Hall–Kier alpha value is -4.17. The number of ether oxygens (including phenoxy) is 2. The van der Waals surface area contributed by atoms with Gasteiger partial charge in [0.05, 0.1) is 35.2 Å². The van der Waals surface area contributed by atoms with Gasteiger partial charge in [-0.15, -0.1) is 0 Å². The molecule has 0 aliphatic carbocycles. The van der Waals surface area contributed by atoms with E-state index in [1.165, 1.54) is 25.3 Å². The monoisotopic (exact) mass is 464 g/mol. The van der Waals surface area contributed by atoms with Gasteiger partial charge in [0.15, 0.2) is 6.61 Å². The van der Waals surface area contributed by atoms with Gasteiger partial charge in [-0.1, -0.05) is 23.7 Å². The van der Waals surface area contributed by atoms with Gasteiger partial charge in [0.25, 0.3) is 17.7 Å². The molecule has 9 heteroatoms. The van der Waals surface area contributed by atoms with Gasteiger partial charge in [-0.25, -0.2) is 9.69 Å². The normalized spacial score (nSPS) is 12.4. The molecule has 0 atom stereocenters. The Balaban J connectivity index is 1.45. The second-order valence-electron chi connectivity index (χ2n) is 7.01. The van der Waals surface area contributed by atoms with Crippen molar-refractivity contribution < 1.29 is 28.7 Å². The second kappa shape index (κ2) is 9.13. The third kappa shape index (κ3) is 4.42. The van der Waals surface area contributed by atoms with E-state index in [9.17, 15) is 19.2 Å². The topological polar surface area (TPSA) is 102 Å². The molecule has 0 saturated heterocycles. The number of methoxy groups -OCH3 is 1. The number of hydrogen-bond donors (Lipinski definition) is 1. The molecule has 0 unspecified atom stereocenters. The highest BCUT2D eigenvalue weighted by atomic mass is 35.5. The first-order valence-electron chi connectivity index (χ1n) is 9.77. The van der Waals surface area contributed by atoms with E-state index in [2.05, 4.69) is 5.32 Å². The minimum Gasteiger partial charge on any atom is -0.495 e. The van der Waals surface area contributed by atoms with Crippen LogP contribution in [0, 0.1) is 0 Å². The average molecular weight is 465 g/mol. The number of hydrogen-bond acceptors (Lipinski definition) is 6. The van der Waals surface area contributed by atoms with Gasteiger partial charge in [-0.3, -0.25) is 14.4 Å². The molecule has 33 heavy (non-hydrogen) atoms. The lowest BCUT2D eigenvalue weighted by atomic mass is 10.1. The molecule has 0 saturated carbocycles. The number of halogens is 1. The van der Waals surface area contributed by atoms with Crippen LogP contribution in [-0.4, -0.2) is 37.4 Å². The number of benzene rings is 3. The third-order valence-corrected chi connectivity index (χ3v) is 5.17. The van der Waals surface area contributed by atoms with Crippen molar-refractivity contribution in [3.8, 4) is 5.75 Å². The number of carbonyl (C=O) groups excluding carboxylic acids is 4. The van der Waals surface area contributed by atoms with Crippen molar-refractivity contribution >= 4 is 46.7 Å². The summed E-state index contributed by atoms with van der Waals surface area (Å²) in [5.74, 6) is -1.98. The number of nitrogens with one attached hydrogen (secondary N) is 1. The van der Waals surface area contributed by atoms with Crippen LogP contribution in [0.3, 0.4) is 0 Å². The van der Waals surface area contributed by atoms with Crippen molar-refractivity contribution in [2.75, 3.05) is 23.9 Å². The molecule has 0 aromatic heterocycles. The number of rotatable bonds is 6. The summed E-state index contributed by atoms with van der Waals surface area (Å²) in [6, 6.07) is 17.1. The van der Waals surface area contributed by atoms with Crippen molar-refractivity contribution in [1.82, 2.24) is 0 Å². The van der Waals surface area contributed by atoms with E-state index in [1.807, 2.05) is 0 Å². The number of fused-ring (bicyclic) bond motifs is 1. The summed E-state index contributed by atoms with van der Waals surface area (Å²) < 4.78 is 10.2. The fourth-order valence-corrected chi connectivity index (χ4v) is 3.47. The molecule has 4 rings (SSSR count). The lowest BCUT2D eigenvalue weighted by molar-refractivity contribution is -0.119. The van der Waals surface area contributed by atoms with Crippen molar-refractivity contribution in [3.05, 3.63) is 88.4 Å². The van der Waals surface area contributed by atoms with Crippen molar-refractivity contribution in [2.24, 2.45) is 0 Å². The molecule has 3 aromatic rings. The van der Waals surface area contributed by atoms with Crippen LogP contribution in [0.1, 0.15) is 31.1 Å². The fourth-order valence-electron chi connectivity index (χ4n) is 3.34. The Kier molecular flexibility index (Phi) is 6.10. The molecule has 0 bridgehead atoms. The lowest BCUT2D eigenvalue weighted by Gasteiger charge is -2.13. The Morgan fingerprint density at radius 3 is 2.36 bits per heavy atom. The smallest absolute Gasteiger partial charge is 0.338 e. The van der Waals surface area contributed by atoms with Gasteiger partial charge in [0.1, 0.15) is 5.75 Å². The van der Waals surface area contributed by atoms with Crippen LogP contribution >= 0.6 is 11.6 Å². The molecule has 0 radical (unpaired) electrons. The first-order valence-corrected chi connectivity index (χ1v) is 10.1. The van der Waals surface area contributed by atoms with Crippen LogP contribution < -0.4 is 15.0 Å². The van der Waals surface area contributed by atoms with Gasteiger partial charge < -0.3 is 14.8 Å². The molecule has 0 spiro atoms. The zero-order chi connectivity index (χ0) is 23.5. The van der Waals surface area contributed by atoms with Crippen molar-refractivity contribution in [2.45, 2.75) is 0 Å². The number of nitrogens with zero attached hydrogens (tertiary/aromatic N) is 1. The second-order valence-corrected chi connectivity index (χ2v) is 7.44. The third-order valence-electron chi connectivity index (χ3n) is 4.92. The largest absolute Gasteiger partial charge is 0.495 e. The van der Waals surface area contributed by atoms with Crippen LogP contribution in [-0.2, 0) is 9.53 Å². The van der Waals surface area contributed by atoms with Crippen LogP contribution in [0.4, 0.5) is 11.4 Å². The van der Waals surface area contributed by atoms with Crippen LogP contribution in [0.25, 0.3) is 0 Å². The minimum absolute atomic E-state index is 0.0398. The first kappa shape index (κ1) is 22.0. The van der Waals surface area contributed by atoms with E-state index in [0.717, 1.165) is 4.90 Å². The van der Waals surface area contributed by atoms with E-state index in [4.69, 9.17) is 21.1 Å². The predicted molar refractivity (Wildman–Crippen MR) is 121 cm³/mol. The predicted octanol–water partition coefficient (Wildman–Crippen LogP) is 3.94. The maximum absolute atomic E-state index is 12.8. The number of imide groups is 1. The van der Waals surface area contributed by atoms with Crippen LogP contribution in [0.5, 0.6) is 5.75 Å². The van der Waals surface area contributed by atoms with Gasteiger partial charge in [0, 0.05) is 5.02 Å². The lowest BCUT2D eigenvalue weighted by Crippen LogP contribution is -2.29. The summed E-state index contributed by atoms with van der Waals surface area (Å²) in [5, 5.41) is 3.06. The first-order chi connectivity index (χ1) is 15.9. The molecule has 3 aromatic carbocycles. The molecule has 0 fully saturated rings. The molecule has 1 aliphatic heterocycles. The molecular formula is C24H17ClN2O6. The Morgan fingerprint density at radius 2 is 1.64 bits per heavy atom. The van der Waals surface area contributed by atoms with E-state index in [1.54, 1.807) is 48.5 Å². The van der Waals surface area contributed by atoms with E-state index in [0.29, 0.717) is 22.1 Å². The highest BCUT2D eigenvalue weighted by Gasteiger charge is 2.37. The summed E-state index contributed by atoms with van der Waals surface area (Å²) in [4.78, 5) is 51.2. The average Bonchev–Trinajstić information content (AvgIpc) is 3.08. The fraction of sp³-hybridized carbons (Fsp3) is 0.0833. The van der Waals surface area contributed by atoms with Gasteiger partial charge in [-0.05, 0) is 54.6 Å². The summed E-state index contributed by atoms with van der Waals surface area (Å²) in [6.45, 7) is -0.544. The minimum atomic E-state index is -0.807. The number of para-hydroxylation sites is 2. The maximum atomic E-state index is 12.8. The number of carbonyl (C=O) groups is 4. The standard InChI is InChI=1S/C24H17ClN2O6/c1-32-20-5-3-2-4-19(20)26-21(28)13-33-24(31)14-6-11-17-18(12-14)23(30)27(22(17)29)16-9-7-15(25)8-10-16/h2-12H,13H2,1H3,(H,26,28). The highest BCUT2D eigenvalue weighted by Crippen LogP contribution is 2.30. The van der Waals surface area contributed by atoms with E-state index in [-0.39, 0.29) is 16.7 Å². The SMILES string of the molecule is COc1ccccc1NC(=O)COC(=O)c1ccc2c(c1)C(=O)N(c1ccc(Cl)cc1)C2=O. The maximum Gasteiger partial charge on any atom is 0.338 e. The Labute approximate surface area is 193 Å². The van der Waals surface area contributed by atoms with Crippen molar-refractivity contribution in [3.63, 3.8) is 0 Å². The Bertz CT molecular complexity index is 1270. The number of anilines is 2. The van der Waals surface area contributed by atoms with Crippen LogP contribution in [0.15, 0.2) is 66.7 Å². The van der Waals surface area contributed by atoms with Gasteiger partial charge >= 0.3 is 5.97 Å². The Morgan fingerprint density at radius 1 is 0.939 bits per heavy atom.